The number of fused-ring (bicyclic) bond motifs is 2. The minimum Gasteiger partial charge on any atom is -0.504 e. The maximum Gasteiger partial charge on any atom is 0.161 e. The summed E-state index contributed by atoms with van der Waals surface area (Å²) in [7, 11) is 0. The zero-order valence-electron chi connectivity index (χ0n) is 20.3. The van der Waals surface area contributed by atoms with E-state index in [-0.39, 0.29) is 11.5 Å². The van der Waals surface area contributed by atoms with Crippen LogP contribution < -0.4 is 5.73 Å². The molecule has 34 heavy (non-hydrogen) atoms. The summed E-state index contributed by atoms with van der Waals surface area (Å²) in [6.07, 6.45) is 11.5. The third-order valence-corrected chi connectivity index (χ3v) is 7.67. The number of aliphatic hydroxyl groups excluding tert-OH is 1. The molecule has 0 amide bonds. The Labute approximate surface area is 208 Å². The lowest BCUT2D eigenvalue weighted by atomic mass is 9.88. The van der Waals surface area contributed by atoms with Crippen LogP contribution in [-0.4, -0.2) is 40.8 Å². The highest BCUT2D eigenvalue weighted by atomic mass is 32.2. The highest BCUT2D eigenvalue weighted by molar-refractivity contribution is 7.99. The zero-order valence-corrected chi connectivity index (χ0v) is 21.1. The standard InChI is InChI=1S/C18H29NOS.C10H12O3/c19-11-4-1-2-5-12-20-13-6-3-7-16-8-9-17-10-14-21-18(17)15-16;11-8-3-1-2-7-6(8)4-5-9(12)10(7)13/h8-9,15H,1-7,10-14,19H2;4-5,8,11-13H,1-3H2. The fourth-order valence-electron chi connectivity index (χ4n) is 4.55. The van der Waals surface area contributed by atoms with Crippen LogP contribution in [-0.2, 0) is 24.0 Å². The predicted octanol–water partition coefficient (Wildman–Crippen LogP) is 5.66. The third kappa shape index (κ3) is 8.19. The van der Waals surface area contributed by atoms with E-state index in [4.69, 9.17) is 10.5 Å². The number of benzene rings is 2. The molecular formula is C28H41NO4S. The minimum atomic E-state index is -0.491. The number of aromatic hydroxyl groups is 2. The van der Waals surface area contributed by atoms with E-state index < -0.39 is 6.10 Å². The lowest BCUT2D eigenvalue weighted by molar-refractivity contribution is 0.126. The molecule has 0 saturated carbocycles. The van der Waals surface area contributed by atoms with E-state index in [1.807, 2.05) is 11.8 Å². The van der Waals surface area contributed by atoms with E-state index in [9.17, 15) is 15.3 Å². The number of phenols is 2. The molecule has 0 saturated heterocycles. The largest absolute Gasteiger partial charge is 0.504 e. The second kappa shape index (κ2) is 14.6. The Kier molecular flexibility index (Phi) is 11.6. The Morgan fingerprint density at radius 2 is 1.74 bits per heavy atom. The quantitative estimate of drug-likeness (QED) is 0.241. The molecular weight excluding hydrogens is 446 g/mol. The van der Waals surface area contributed by atoms with Crippen LogP contribution in [0.4, 0.5) is 0 Å². The first-order chi connectivity index (χ1) is 16.6. The molecule has 188 valence electrons. The Morgan fingerprint density at radius 1 is 0.941 bits per heavy atom. The van der Waals surface area contributed by atoms with Crippen LogP contribution in [0.3, 0.4) is 0 Å². The molecule has 2 aliphatic rings. The summed E-state index contributed by atoms with van der Waals surface area (Å²) < 4.78 is 5.69. The van der Waals surface area contributed by atoms with Gasteiger partial charge in [0.15, 0.2) is 11.5 Å². The number of unbranched alkanes of at least 4 members (excludes halogenated alkanes) is 4. The maximum absolute atomic E-state index is 9.58. The van der Waals surface area contributed by atoms with Crippen LogP contribution in [0, 0.1) is 0 Å². The van der Waals surface area contributed by atoms with Crippen LogP contribution in [0.1, 0.15) is 79.7 Å². The van der Waals surface area contributed by atoms with Gasteiger partial charge in [0.2, 0.25) is 0 Å². The van der Waals surface area contributed by atoms with E-state index in [1.165, 1.54) is 67.2 Å². The molecule has 6 heteroatoms. The number of hydrogen-bond donors (Lipinski definition) is 4. The molecule has 1 aliphatic carbocycles. The SMILES string of the molecule is NCCCCCCOCCCCc1ccc2c(c1)SCC2.Oc1ccc2c(c1O)CCCC2O. The van der Waals surface area contributed by atoms with Gasteiger partial charge in [0, 0.05) is 29.4 Å². The summed E-state index contributed by atoms with van der Waals surface area (Å²) in [5.41, 5.74) is 9.95. The lowest BCUT2D eigenvalue weighted by Crippen LogP contribution is -2.08. The fourth-order valence-corrected chi connectivity index (χ4v) is 5.68. The van der Waals surface area contributed by atoms with Crippen molar-refractivity contribution in [2.45, 2.75) is 81.6 Å². The van der Waals surface area contributed by atoms with Gasteiger partial charge in [0.1, 0.15) is 0 Å². The molecule has 1 atom stereocenters. The van der Waals surface area contributed by atoms with Gasteiger partial charge >= 0.3 is 0 Å². The van der Waals surface area contributed by atoms with Crippen LogP contribution in [0.5, 0.6) is 11.5 Å². The monoisotopic (exact) mass is 487 g/mol. The molecule has 0 spiro atoms. The van der Waals surface area contributed by atoms with Gasteiger partial charge in [-0.15, -0.1) is 11.8 Å². The molecule has 5 N–H and O–H groups in total. The molecule has 0 fully saturated rings. The normalized spacial score (nSPS) is 16.5. The van der Waals surface area contributed by atoms with Crippen LogP contribution in [0.15, 0.2) is 35.2 Å². The fraction of sp³-hybridized carbons (Fsp3) is 0.571. The molecule has 1 heterocycles. The summed E-state index contributed by atoms with van der Waals surface area (Å²) in [6.45, 7) is 2.65. The molecule has 2 aromatic rings. The van der Waals surface area contributed by atoms with E-state index >= 15 is 0 Å². The first-order valence-electron chi connectivity index (χ1n) is 12.8. The van der Waals surface area contributed by atoms with Crippen molar-refractivity contribution in [2.75, 3.05) is 25.5 Å². The maximum atomic E-state index is 9.58. The van der Waals surface area contributed by atoms with Gasteiger partial charge in [0.25, 0.3) is 0 Å². The predicted molar refractivity (Wildman–Crippen MR) is 140 cm³/mol. The van der Waals surface area contributed by atoms with Crippen molar-refractivity contribution in [3.05, 3.63) is 52.6 Å². The second-order valence-electron chi connectivity index (χ2n) is 9.22. The van der Waals surface area contributed by atoms with Crippen molar-refractivity contribution in [1.82, 2.24) is 0 Å². The van der Waals surface area contributed by atoms with E-state index in [2.05, 4.69) is 18.2 Å². The number of aliphatic hydroxyl groups is 1. The first-order valence-corrected chi connectivity index (χ1v) is 13.8. The summed E-state index contributed by atoms with van der Waals surface area (Å²) in [5, 5.41) is 28.3. The average molecular weight is 488 g/mol. The highest BCUT2D eigenvalue weighted by Gasteiger charge is 2.21. The molecule has 0 bridgehead atoms. The number of phenolic OH excluding ortho intramolecular Hbond substituents is 2. The van der Waals surface area contributed by atoms with Gasteiger partial charge in [-0.05, 0) is 93.2 Å². The van der Waals surface area contributed by atoms with Crippen molar-refractivity contribution < 1.29 is 20.1 Å². The van der Waals surface area contributed by atoms with Gasteiger partial charge < -0.3 is 25.8 Å². The van der Waals surface area contributed by atoms with Gasteiger partial charge in [-0.2, -0.15) is 0 Å². The summed E-state index contributed by atoms with van der Waals surface area (Å²) in [4.78, 5) is 1.52. The molecule has 0 radical (unpaired) electrons. The Balaban J connectivity index is 0.000000212. The number of nitrogens with two attached hydrogens (primary N) is 1. The van der Waals surface area contributed by atoms with Gasteiger partial charge in [-0.25, -0.2) is 0 Å². The number of hydrogen-bond acceptors (Lipinski definition) is 6. The Morgan fingerprint density at radius 3 is 2.56 bits per heavy atom. The Hall–Kier alpha value is -1.73. The first kappa shape index (κ1) is 26.9. The number of thioether (sulfide) groups is 1. The summed E-state index contributed by atoms with van der Waals surface area (Å²) in [5.74, 6) is 1.09. The van der Waals surface area contributed by atoms with Crippen molar-refractivity contribution in [1.29, 1.82) is 0 Å². The van der Waals surface area contributed by atoms with E-state index in [0.717, 1.165) is 51.0 Å². The number of rotatable bonds is 11. The molecule has 0 aromatic heterocycles. The van der Waals surface area contributed by atoms with E-state index in [1.54, 1.807) is 11.6 Å². The molecule has 4 rings (SSSR count). The van der Waals surface area contributed by atoms with Crippen molar-refractivity contribution in [2.24, 2.45) is 5.73 Å². The number of ether oxygens (including phenoxy) is 1. The van der Waals surface area contributed by atoms with Crippen molar-refractivity contribution >= 4 is 11.8 Å². The highest BCUT2D eigenvalue weighted by Crippen LogP contribution is 2.39. The number of aryl methyl sites for hydroxylation is 2. The zero-order chi connectivity index (χ0) is 24.2. The molecule has 1 unspecified atom stereocenters. The van der Waals surface area contributed by atoms with Gasteiger partial charge in [-0.3, -0.25) is 0 Å². The molecule has 2 aromatic carbocycles. The van der Waals surface area contributed by atoms with Crippen LogP contribution in [0.2, 0.25) is 0 Å². The van der Waals surface area contributed by atoms with Gasteiger partial charge in [-0.1, -0.05) is 31.0 Å². The smallest absolute Gasteiger partial charge is 0.161 e. The minimum absolute atomic E-state index is 0.0729. The van der Waals surface area contributed by atoms with Crippen molar-refractivity contribution in [3.63, 3.8) is 0 Å². The molecule has 5 nitrogen and oxygen atoms in total. The van der Waals surface area contributed by atoms with Gasteiger partial charge in [0.05, 0.1) is 6.10 Å². The van der Waals surface area contributed by atoms with Crippen LogP contribution in [0.25, 0.3) is 0 Å². The average Bonchev–Trinajstić information content (AvgIpc) is 3.31. The van der Waals surface area contributed by atoms with E-state index in [0.29, 0.717) is 5.56 Å². The third-order valence-electron chi connectivity index (χ3n) is 6.57. The Bertz CT molecular complexity index is 889. The summed E-state index contributed by atoms with van der Waals surface area (Å²) >= 11 is 2.01. The van der Waals surface area contributed by atoms with Crippen LogP contribution >= 0.6 is 11.8 Å². The summed E-state index contributed by atoms with van der Waals surface area (Å²) in [6, 6.07) is 10.1. The topological polar surface area (TPSA) is 95.9 Å². The molecule has 1 aliphatic heterocycles. The second-order valence-corrected chi connectivity index (χ2v) is 10.4. The van der Waals surface area contributed by atoms with Crippen molar-refractivity contribution in [3.8, 4) is 11.5 Å². The lowest BCUT2D eigenvalue weighted by Gasteiger charge is -2.22.